The van der Waals surface area contributed by atoms with Crippen LogP contribution in [0.5, 0.6) is 23.0 Å². The van der Waals surface area contributed by atoms with Crippen LogP contribution in [0, 0.1) is 18.3 Å². The molecule has 7 nitrogen and oxygen atoms in total. The monoisotopic (exact) mass is 570 g/mol. The summed E-state index contributed by atoms with van der Waals surface area (Å²) in [4.78, 5) is 15.7. The largest absolute Gasteiger partial charge is 0.488 e. The molecule has 190 valence electrons. The molecule has 0 N–H and O–H groups in total. The second-order valence-corrected chi connectivity index (χ2v) is 9.51. The number of ether oxygens (including phenoxy) is 4. The van der Waals surface area contributed by atoms with Crippen LogP contribution in [0.25, 0.3) is 11.1 Å². The maximum Gasteiger partial charge on any atom is 0.161 e. The van der Waals surface area contributed by atoms with Gasteiger partial charge < -0.3 is 18.9 Å². The first-order valence-electron chi connectivity index (χ1n) is 11.9. The van der Waals surface area contributed by atoms with Gasteiger partial charge in [0.1, 0.15) is 44.0 Å². The molecule has 4 aromatic rings. The van der Waals surface area contributed by atoms with Crippen LogP contribution in [0.4, 0.5) is 0 Å². The lowest BCUT2D eigenvalue weighted by atomic mass is 9.96. The van der Waals surface area contributed by atoms with E-state index in [1.54, 1.807) is 24.4 Å². The average Bonchev–Trinajstić information content (AvgIpc) is 2.96. The van der Waals surface area contributed by atoms with Crippen molar-refractivity contribution < 1.29 is 23.7 Å². The highest BCUT2D eigenvalue weighted by Crippen LogP contribution is 2.37. The van der Waals surface area contributed by atoms with E-state index in [9.17, 15) is 4.79 Å². The van der Waals surface area contributed by atoms with Gasteiger partial charge in [-0.3, -0.25) is 9.78 Å². The number of benzene rings is 3. The van der Waals surface area contributed by atoms with Crippen LogP contribution in [0.1, 0.15) is 32.6 Å². The second kappa shape index (κ2) is 11.4. The van der Waals surface area contributed by atoms with E-state index in [2.05, 4.69) is 40.0 Å². The predicted molar refractivity (Wildman–Crippen MR) is 145 cm³/mol. The maximum absolute atomic E-state index is 11.7. The van der Waals surface area contributed by atoms with Crippen LogP contribution in [0.2, 0.25) is 0 Å². The highest BCUT2D eigenvalue weighted by molar-refractivity contribution is 9.10. The van der Waals surface area contributed by atoms with E-state index < -0.39 is 0 Å². The standard InChI is InChI=1S/C30H23BrN2O5/c1-19-23(3-2-4-25(19)22-5-6-27-30(11-22)36-8-7-35-27)18-38-29-12-28(24(16-34)10-26(29)31)37-17-21-9-20(13-32)14-33-15-21/h2-6,9-12,14-16H,7-8,17-18H2,1H3. The lowest BCUT2D eigenvalue weighted by molar-refractivity contribution is 0.111. The van der Waals surface area contributed by atoms with E-state index in [4.69, 9.17) is 24.2 Å². The van der Waals surface area contributed by atoms with Crippen molar-refractivity contribution in [3.05, 3.63) is 99.3 Å². The van der Waals surface area contributed by atoms with Gasteiger partial charge in [-0.2, -0.15) is 5.26 Å². The summed E-state index contributed by atoms with van der Waals surface area (Å²) in [6, 6.07) is 19.2. The molecule has 0 bridgehead atoms. The van der Waals surface area contributed by atoms with Gasteiger partial charge in [0, 0.05) is 24.0 Å². The Morgan fingerprint density at radius 3 is 2.63 bits per heavy atom. The van der Waals surface area contributed by atoms with Gasteiger partial charge in [0.25, 0.3) is 0 Å². The molecule has 1 aliphatic rings. The molecule has 0 aliphatic carbocycles. The van der Waals surface area contributed by atoms with E-state index in [0.717, 1.165) is 45.6 Å². The van der Waals surface area contributed by atoms with Crippen molar-refractivity contribution in [2.45, 2.75) is 20.1 Å². The Morgan fingerprint density at radius 1 is 1.00 bits per heavy atom. The molecule has 1 aromatic heterocycles. The smallest absolute Gasteiger partial charge is 0.161 e. The number of nitriles is 1. The summed E-state index contributed by atoms with van der Waals surface area (Å²) in [5.41, 5.74) is 5.77. The third kappa shape index (κ3) is 5.48. The molecule has 2 heterocycles. The first-order chi connectivity index (χ1) is 18.6. The summed E-state index contributed by atoms with van der Waals surface area (Å²) in [5.74, 6) is 2.42. The zero-order valence-corrected chi connectivity index (χ0v) is 22.2. The highest BCUT2D eigenvalue weighted by Gasteiger charge is 2.16. The normalized spacial score (nSPS) is 11.9. The molecule has 5 rings (SSSR count). The van der Waals surface area contributed by atoms with Gasteiger partial charge in [0.05, 0.1) is 15.6 Å². The fourth-order valence-electron chi connectivity index (χ4n) is 4.19. The molecule has 1 aliphatic heterocycles. The average molecular weight is 571 g/mol. The topological polar surface area (TPSA) is 90.7 Å². The molecule has 0 saturated heterocycles. The molecule has 38 heavy (non-hydrogen) atoms. The molecular weight excluding hydrogens is 548 g/mol. The van der Waals surface area contributed by atoms with E-state index in [1.807, 2.05) is 30.3 Å². The number of hydrogen-bond donors (Lipinski definition) is 0. The van der Waals surface area contributed by atoms with Gasteiger partial charge in [-0.05, 0) is 69.4 Å². The molecule has 3 aromatic carbocycles. The van der Waals surface area contributed by atoms with Crippen molar-refractivity contribution in [2.75, 3.05) is 13.2 Å². The van der Waals surface area contributed by atoms with Gasteiger partial charge >= 0.3 is 0 Å². The Bertz CT molecular complexity index is 1550. The fraction of sp³-hybridized carbons (Fsp3) is 0.167. The number of rotatable bonds is 8. The minimum Gasteiger partial charge on any atom is -0.488 e. The van der Waals surface area contributed by atoms with Crippen LogP contribution >= 0.6 is 15.9 Å². The van der Waals surface area contributed by atoms with Crippen LogP contribution < -0.4 is 18.9 Å². The summed E-state index contributed by atoms with van der Waals surface area (Å²) >= 11 is 3.50. The quantitative estimate of drug-likeness (QED) is 0.225. The van der Waals surface area contributed by atoms with Crippen molar-refractivity contribution in [1.29, 1.82) is 5.26 Å². The molecule has 0 atom stereocenters. The number of aldehydes is 1. The van der Waals surface area contributed by atoms with Gasteiger partial charge in [-0.15, -0.1) is 0 Å². The lowest BCUT2D eigenvalue weighted by Crippen LogP contribution is -2.15. The van der Waals surface area contributed by atoms with Gasteiger partial charge in [0.15, 0.2) is 17.8 Å². The molecule has 0 radical (unpaired) electrons. The number of halogens is 1. The first kappa shape index (κ1) is 25.3. The van der Waals surface area contributed by atoms with Crippen LogP contribution in [-0.4, -0.2) is 24.5 Å². The first-order valence-corrected chi connectivity index (χ1v) is 12.7. The summed E-state index contributed by atoms with van der Waals surface area (Å²) in [6.45, 7) is 3.63. The van der Waals surface area contributed by atoms with E-state index in [-0.39, 0.29) is 6.61 Å². The highest BCUT2D eigenvalue weighted by atomic mass is 79.9. The van der Waals surface area contributed by atoms with Gasteiger partial charge in [-0.1, -0.05) is 24.3 Å². The number of aromatic nitrogens is 1. The summed E-state index contributed by atoms with van der Waals surface area (Å²) in [6.07, 6.45) is 3.83. The molecule has 0 amide bonds. The third-order valence-electron chi connectivity index (χ3n) is 6.19. The molecular formula is C30H23BrN2O5. The molecule has 0 unspecified atom stereocenters. The van der Waals surface area contributed by atoms with E-state index in [0.29, 0.717) is 46.9 Å². The number of hydrogen-bond acceptors (Lipinski definition) is 7. The minimum absolute atomic E-state index is 0.154. The maximum atomic E-state index is 11.7. The van der Waals surface area contributed by atoms with Gasteiger partial charge in [-0.25, -0.2) is 0 Å². The Morgan fingerprint density at radius 2 is 1.82 bits per heavy atom. The number of carbonyl (C=O) groups excluding carboxylic acids is 1. The Balaban J connectivity index is 1.35. The summed E-state index contributed by atoms with van der Waals surface area (Å²) < 4.78 is 24.1. The van der Waals surface area contributed by atoms with Crippen molar-refractivity contribution in [2.24, 2.45) is 0 Å². The summed E-state index contributed by atoms with van der Waals surface area (Å²) in [5, 5.41) is 9.09. The predicted octanol–water partition coefficient (Wildman–Crippen LogP) is 6.43. The second-order valence-electron chi connectivity index (χ2n) is 8.66. The Hall–Kier alpha value is -4.35. The lowest BCUT2D eigenvalue weighted by Gasteiger charge is -2.20. The number of fused-ring (bicyclic) bond motifs is 1. The Kier molecular flexibility index (Phi) is 7.57. The van der Waals surface area contributed by atoms with Crippen molar-refractivity contribution in [3.8, 4) is 40.2 Å². The van der Waals surface area contributed by atoms with Crippen molar-refractivity contribution in [1.82, 2.24) is 4.98 Å². The third-order valence-corrected chi connectivity index (χ3v) is 6.81. The molecule has 0 spiro atoms. The van der Waals surface area contributed by atoms with Crippen molar-refractivity contribution in [3.63, 3.8) is 0 Å². The SMILES string of the molecule is Cc1c(COc2cc(OCc3cncc(C#N)c3)c(C=O)cc2Br)cccc1-c1ccc2c(c1)OCCO2. The van der Waals surface area contributed by atoms with Crippen LogP contribution in [-0.2, 0) is 13.2 Å². The minimum atomic E-state index is 0.154. The fourth-order valence-corrected chi connectivity index (χ4v) is 4.66. The molecule has 0 saturated carbocycles. The van der Waals surface area contributed by atoms with Gasteiger partial charge in [0.2, 0.25) is 0 Å². The number of carbonyl (C=O) groups is 1. The van der Waals surface area contributed by atoms with E-state index in [1.165, 1.54) is 6.20 Å². The molecule has 8 heteroatoms. The zero-order valence-electron chi connectivity index (χ0n) is 20.6. The van der Waals surface area contributed by atoms with Crippen molar-refractivity contribution >= 4 is 22.2 Å². The molecule has 0 fully saturated rings. The van der Waals surface area contributed by atoms with Crippen LogP contribution in [0.15, 0.2) is 71.5 Å². The Labute approximate surface area is 228 Å². The number of pyridine rings is 1. The number of nitrogens with zero attached hydrogens (tertiary/aromatic N) is 2. The van der Waals surface area contributed by atoms with E-state index >= 15 is 0 Å². The zero-order chi connectivity index (χ0) is 26.5. The summed E-state index contributed by atoms with van der Waals surface area (Å²) in [7, 11) is 0. The van der Waals surface area contributed by atoms with Crippen LogP contribution in [0.3, 0.4) is 0 Å².